The Kier molecular flexibility index (Phi) is 9.48. The summed E-state index contributed by atoms with van der Waals surface area (Å²) in [6.07, 6.45) is 4.93. The Bertz CT molecular complexity index is 1190. The normalized spacial score (nSPS) is 15.0. The number of carbonyl (C=O) groups is 2. The molecule has 35 heavy (non-hydrogen) atoms. The van der Waals surface area contributed by atoms with Crippen molar-refractivity contribution >= 4 is 66.7 Å². The van der Waals surface area contributed by atoms with E-state index in [0.717, 1.165) is 46.3 Å². The van der Waals surface area contributed by atoms with Gasteiger partial charge >= 0.3 is 0 Å². The van der Waals surface area contributed by atoms with Crippen molar-refractivity contribution in [3.63, 3.8) is 0 Å². The van der Waals surface area contributed by atoms with Crippen molar-refractivity contribution < 1.29 is 18.0 Å². The Balaban J connectivity index is 1.91. The van der Waals surface area contributed by atoms with E-state index >= 15 is 0 Å². The highest BCUT2D eigenvalue weighted by Gasteiger charge is 2.32. The van der Waals surface area contributed by atoms with Crippen molar-refractivity contribution in [3.05, 3.63) is 62.5 Å². The number of nitrogens with zero attached hydrogens (tertiary/aromatic N) is 2. The second-order valence-corrected chi connectivity index (χ2v) is 12.3. The molecule has 1 atom stereocenters. The van der Waals surface area contributed by atoms with Gasteiger partial charge in [0.05, 0.1) is 22.0 Å². The van der Waals surface area contributed by atoms with E-state index in [0.29, 0.717) is 0 Å². The molecule has 0 bridgehead atoms. The van der Waals surface area contributed by atoms with Gasteiger partial charge < -0.3 is 10.2 Å². The fourth-order valence-corrected chi connectivity index (χ4v) is 5.84. The fraction of sp³-hybridized carbons (Fsp3) is 0.417. The molecule has 11 heteroatoms. The first kappa shape index (κ1) is 27.8. The van der Waals surface area contributed by atoms with Crippen LogP contribution in [-0.2, 0) is 26.2 Å². The lowest BCUT2D eigenvalue weighted by molar-refractivity contribution is -0.139. The zero-order valence-corrected chi connectivity index (χ0v) is 23.4. The van der Waals surface area contributed by atoms with E-state index < -0.39 is 28.5 Å². The summed E-state index contributed by atoms with van der Waals surface area (Å²) in [4.78, 5) is 28.1. The number of sulfonamides is 1. The van der Waals surface area contributed by atoms with Crippen LogP contribution in [0.3, 0.4) is 0 Å². The number of benzene rings is 2. The second kappa shape index (κ2) is 12.0. The molecule has 2 amide bonds. The molecule has 0 radical (unpaired) electrons. The third-order valence-electron chi connectivity index (χ3n) is 5.99. The zero-order chi connectivity index (χ0) is 25.8. The standard InChI is InChI=1S/C24H28BrCl2N3O4S/c1-16(24(32)28-19-9-3-4-10-19)29(14-17-7-5-8-18(25)13-17)22(31)15-30(35(2,33)34)21-12-6-11-20(26)23(21)27/h5-8,11-13,16,19H,3-4,9-10,14-15H2,1-2H3,(H,28,32)/t16-/m0/s1. The summed E-state index contributed by atoms with van der Waals surface area (Å²) >= 11 is 15.8. The van der Waals surface area contributed by atoms with Gasteiger partial charge in [-0.15, -0.1) is 0 Å². The smallest absolute Gasteiger partial charge is 0.244 e. The quantitative estimate of drug-likeness (QED) is 0.436. The molecular weight excluding hydrogens is 577 g/mol. The SMILES string of the molecule is C[C@@H](C(=O)NC1CCCC1)N(Cc1cccc(Br)c1)C(=O)CN(c1cccc(Cl)c1Cl)S(C)(=O)=O. The molecule has 3 rings (SSSR count). The molecule has 2 aromatic rings. The van der Waals surface area contributed by atoms with Crippen LogP contribution in [0.25, 0.3) is 0 Å². The van der Waals surface area contributed by atoms with Crippen LogP contribution < -0.4 is 9.62 Å². The van der Waals surface area contributed by atoms with Gasteiger partial charge in [0.15, 0.2) is 0 Å². The molecule has 2 aromatic carbocycles. The first-order valence-electron chi connectivity index (χ1n) is 11.2. The summed E-state index contributed by atoms with van der Waals surface area (Å²) < 4.78 is 27.1. The first-order valence-corrected chi connectivity index (χ1v) is 14.6. The molecule has 1 aliphatic carbocycles. The summed E-state index contributed by atoms with van der Waals surface area (Å²) in [5.74, 6) is -0.813. The number of carbonyl (C=O) groups excluding carboxylic acids is 2. The van der Waals surface area contributed by atoms with Gasteiger partial charge in [0, 0.05) is 17.1 Å². The lowest BCUT2D eigenvalue weighted by Crippen LogP contribution is -2.52. The molecule has 0 aliphatic heterocycles. The van der Waals surface area contributed by atoms with Crippen LogP contribution in [0.1, 0.15) is 38.2 Å². The van der Waals surface area contributed by atoms with Gasteiger partial charge in [-0.05, 0) is 49.6 Å². The number of anilines is 1. The largest absolute Gasteiger partial charge is 0.352 e. The van der Waals surface area contributed by atoms with Crippen LogP contribution in [0, 0.1) is 0 Å². The summed E-state index contributed by atoms with van der Waals surface area (Å²) in [7, 11) is -3.90. The zero-order valence-electron chi connectivity index (χ0n) is 19.5. The maximum atomic E-state index is 13.6. The molecule has 1 N–H and O–H groups in total. The number of nitrogens with one attached hydrogen (secondary N) is 1. The van der Waals surface area contributed by atoms with Crippen molar-refractivity contribution in [2.75, 3.05) is 17.1 Å². The molecule has 0 heterocycles. The average molecular weight is 605 g/mol. The Hall–Kier alpha value is -1.81. The van der Waals surface area contributed by atoms with Gasteiger partial charge in [0.1, 0.15) is 12.6 Å². The number of amides is 2. The highest BCUT2D eigenvalue weighted by molar-refractivity contribution is 9.10. The fourth-order valence-electron chi connectivity index (χ4n) is 4.09. The van der Waals surface area contributed by atoms with Gasteiger partial charge in [-0.2, -0.15) is 0 Å². The number of halogens is 3. The van der Waals surface area contributed by atoms with E-state index in [2.05, 4.69) is 21.2 Å². The van der Waals surface area contributed by atoms with Crippen LogP contribution in [0.5, 0.6) is 0 Å². The van der Waals surface area contributed by atoms with Crippen LogP contribution in [-0.4, -0.2) is 50.0 Å². The predicted molar refractivity (Wildman–Crippen MR) is 143 cm³/mol. The minimum atomic E-state index is -3.90. The van der Waals surface area contributed by atoms with Crippen molar-refractivity contribution in [1.29, 1.82) is 0 Å². The molecule has 0 aromatic heterocycles. The molecule has 190 valence electrons. The van der Waals surface area contributed by atoms with E-state index in [4.69, 9.17) is 23.2 Å². The van der Waals surface area contributed by atoms with Crippen molar-refractivity contribution in [1.82, 2.24) is 10.2 Å². The van der Waals surface area contributed by atoms with E-state index in [9.17, 15) is 18.0 Å². The summed E-state index contributed by atoms with van der Waals surface area (Å²) in [5, 5.41) is 3.22. The topological polar surface area (TPSA) is 86.8 Å². The van der Waals surface area contributed by atoms with E-state index in [1.54, 1.807) is 13.0 Å². The second-order valence-electron chi connectivity index (χ2n) is 8.66. The number of rotatable bonds is 9. The number of hydrogen-bond acceptors (Lipinski definition) is 4. The number of hydrogen-bond donors (Lipinski definition) is 1. The molecule has 1 fully saturated rings. The van der Waals surface area contributed by atoms with Gasteiger partial charge in [0.2, 0.25) is 21.8 Å². The molecule has 1 aliphatic rings. The van der Waals surface area contributed by atoms with Crippen LogP contribution in [0.4, 0.5) is 5.69 Å². The van der Waals surface area contributed by atoms with Gasteiger partial charge in [0.25, 0.3) is 0 Å². The molecule has 0 spiro atoms. The Morgan fingerprint density at radius 1 is 1.14 bits per heavy atom. The van der Waals surface area contributed by atoms with Crippen LogP contribution in [0.2, 0.25) is 10.0 Å². The minimum absolute atomic E-state index is 0.0259. The molecule has 0 unspecified atom stereocenters. The minimum Gasteiger partial charge on any atom is -0.352 e. The van der Waals surface area contributed by atoms with E-state index in [1.165, 1.54) is 17.0 Å². The van der Waals surface area contributed by atoms with Gasteiger partial charge in [-0.1, -0.05) is 70.2 Å². The Morgan fingerprint density at radius 3 is 2.43 bits per heavy atom. The third-order valence-corrected chi connectivity index (χ3v) is 8.42. The molecule has 1 saturated carbocycles. The van der Waals surface area contributed by atoms with Crippen molar-refractivity contribution in [3.8, 4) is 0 Å². The highest BCUT2D eigenvalue weighted by Crippen LogP contribution is 2.33. The lowest BCUT2D eigenvalue weighted by atomic mass is 10.1. The van der Waals surface area contributed by atoms with Gasteiger partial charge in [-0.25, -0.2) is 8.42 Å². The van der Waals surface area contributed by atoms with Crippen molar-refractivity contribution in [2.45, 2.75) is 51.2 Å². The summed E-state index contributed by atoms with van der Waals surface area (Å²) in [5.41, 5.74) is 0.889. The maximum absolute atomic E-state index is 13.6. The van der Waals surface area contributed by atoms with E-state index in [-0.39, 0.29) is 34.2 Å². The molecule has 0 saturated heterocycles. The monoisotopic (exact) mass is 603 g/mol. The Labute approximate surface area is 224 Å². The van der Waals surface area contributed by atoms with Gasteiger partial charge in [-0.3, -0.25) is 13.9 Å². The third kappa shape index (κ3) is 7.35. The molecular formula is C24H28BrCl2N3O4S. The maximum Gasteiger partial charge on any atom is 0.244 e. The first-order chi connectivity index (χ1) is 16.5. The average Bonchev–Trinajstić information content (AvgIpc) is 3.29. The van der Waals surface area contributed by atoms with E-state index in [1.807, 2.05) is 24.3 Å². The predicted octanol–water partition coefficient (Wildman–Crippen LogP) is 5.00. The summed E-state index contributed by atoms with van der Waals surface area (Å²) in [6.45, 7) is 1.24. The summed E-state index contributed by atoms with van der Waals surface area (Å²) in [6, 6.07) is 11.2. The Morgan fingerprint density at radius 2 is 1.80 bits per heavy atom. The lowest BCUT2D eigenvalue weighted by Gasteiger charge is -2.32. The van der Waals surface area contributed by atoms with Crippen molar-refractivity contribution in [2.24, 2.45) is 0 Å². The van der Waals surface area contributed by atoms with Crippen LogP contribution in [0.15, 0.2) is 46.9 Å². The van der Waals surface area contributed by atoms with Crippen LogP contribution >= 0.6 is 39.1 Å². The molecule has 7 nitrogen and oxygen atoms in total. The highest BCUT2D eigenvalue weighted by atomic mass is 79.9.